The van der Waals surface area contributed by atoms with Crippen molar-refractivity contribution in [2.24, 2.45) is 5.41 Å². The maximum Gasteiger partial charge on any atom is 0.407 e. The van der Waals surface area contributed by atoms with Crippen molar-refractivity contribution in [3.8, 4) is 0 Å². The number of nitrogens with one attached hydrogen (secondary N) is 1. The summed E-state index contributed by atoms with van der Waals surface area (Å²) in [6.07, 6.45) is -0.439. The Hall–Kier alpha value is -4.33. The molecule has 2 amide bonds. The molecule has 1 spiro atoms. The smallest absolute Gasteiger partial charge is 0.407 e. The normalized spacial score (nSPS) is 17.4. The average molecular weight is 538 g/mol. The first-order valence-corrected chi connectivity index (χ1v) is 13.8. The second-order valence-electron chi connectivity index (χ2n) is 11.7. The van der Waals surface area contributed by atoms with Gasteiger partial charge in [-0.3, -0.25) is 14.8 Å². The van der Waals surface area contributed by atoms with Crippen molar-refractivity contribution in [1.29, 1.82) is 5.41 Å². The molecule has 6 rings (SSSR count). The lowest BCUT2D eigenvalue weighted by molar-refractivity contribution is -0.158. The third-order valence-corrected chi connectivity index (χ3v) is 8.64. The van der Waals surface area contributed by atoms with E-state index in [1.807, 2.05) is 45.2 Å². The van der Waals surface area contributed by atoms with Crippen LogP contribution in [0.15, 0.2) is 72.8 Å². The van der Waals surface area contributed by atoms with Crippen LogP contribution in [0.25, 0.3) is 11.0 Å². The highest BCUT2D eigenvalue weighted by molar-refractivity contribution is 5.85. The Morgan fingerprint density at radius 3 is 1.93 bits per heavy atom. The predicted octanol–water partition coefficient (Wildman–Crippen LogP) is 4.75. The number of carbonyl (C=O) groups excluding carboxylic acids is 1. The molecule has 8 heteroatoms. The number of imidazole rings is 1. The van der Waals surface area contributed by atoms with Crippen LogP contribution in [0.1, 0.15) is 41.3 Å². The van der Waals surface area contributed by atoms with Gasteiger partial charge >= 0.3 is 6.09 Å². The molecule has 2 atom stereocenters. The number of carbonyl (C=O) groups is 2. The zero-order chi connectivity index (χ0) is 28.2. The van der Waals surface area contributed by atoms with E-state index in [4.69, 9.17) is 0 Å². The van der Waals surface area contributed by atoms with E-state index in [-0.39, 0.29) is 23.0 Å². The molecule has 206 valence electrons. The number of likely N-dealkylation sites (tertiary alicyclic amines) is 2. The molecule has 2 saturated heterocycles. The van der Waals surface area contributed by atoms with Crippen LogP contribution >= 0.6 is 0 Å². The molecule has 2 N–H and O–H groups in total. The third kappa shape index (κ3) is 4.37. The Morgan fingerprint density at radius 2 is 1.35 bits per heavy atom. The molecule has 8 nitrogen and oxygen atoms in total. The van der Waals surface area contributed by atoms with Gasteiger partial charge in [-0.05, 0) is 44.0 Å². The van der Waals surface area contributed by atoms with Crippen molar-refractivity contribution in [3.63, 3.8) is 0 Å². The molecule has 3 heterocycles. The summed E-state index contributed by atoms with van der Waals surface area (Å²) in [6.45, 7) is 8.24. The molecular formula is C32H35N5O3. The van der Waals surface area contributed by atoms with Gasteiger partial charge in [0.05, 0.1) is 17.1 Å². The maximum atomic E-state index is 14.2. The van der Waals surface area contributed by atoms with Crippen molar-refractivity contribution in [2.75, 3.05) is 26.2 Å². The second-order valence-corrected chi connectivity index (χ2v) is 11.7. The summed E-state index contributed by atoms with van der Waals surface area (Å²) >= 11 is 0. The highest BCUT2D eigenvalue weighted by Gasteiger charge is 2.55. The monoisotopic (exact) mass is 537 g/mol. The van der Waals surface area contributed by atoms with E-state index in [0.29, 0.717) is 32.6 Å². The minimum absolute atomic E-state index is 0.0237. The largest absolute Gasteiger partial charge is 0.465 e. The number of aromatic nitrogens is 2. The number of hydrogen-bond donors (Lipinski definition) is 2. The fraction of sp³-hybridized carbons (Fsp3) is 0.344. The first kappa shape index (κ1) is 25.9. The van der Waals surface area contributed by atoms with E-state index in [1.165, 1.54) is 10.5 Å². The molecule has 0 saturated carbocycles. The molecule has 2 aliphatic heterocycles. The summed E-state index contributed by atoms with van der Waals surface area (Å²) in [5, 5.41) is 18.7. The number of para-hydroxylation sites is 2. The molecule has 3 aromatic carbocycles. The van der Waals surface area contributed by atoms with Gasteiger partial charge in [-0.15, -0.1) is 0 Å². The van der Waals surface area contributed by atoms with Crippen molar-refractivity contribution >= 4 is 23.0 Å². The molecule has 4 aromatic rings. The number of nitrogens with zero attached hydrogens (tertiary/aromatic N) is 4. The summed E-state index contributed by atoms with van der Waals surface area (Å²) in [7, 11) is 0. The predicted molar refractivity (Wildman–Crippen MR) is 153 cm³/mol. The molecule has 2 fully saturated rings. The second kappa shape index (κ2) is 9.70. The standard InChI is InChI=1S/C32H35N5O3/c1-21-8-12-24(13-9-21)16-28(29(38)34-17-32(18-34)19-35(20-32)31(39)40)37-27-7-5-4-6-26(27)36(30(37)33)23(3)25-14-10-22(2)11-15-25/h4-15,23,28,33H,16-20H2,1-3H3,(H,39,40). The Labute approximate surface area is 233 Å². The van der Waals surface area contributed by atoms with Crippen molar-refractivity contribution in [1.82, 2.24) is 18.9 Å². The summed E-state index contributed by atoms with van der Waals surface area (Å²) in [6, 6.07) is 23.9. The zero-order valence-corrected chi connectivity index (χ0v) is 23.2. The first-order chi connectivity index (χ1) is 19.2. The SMILES string of the molecule is Cc1ccc(CC(C(=O)N2CC3(CN(C(=O)O)C3)C2)n2c(=N)n(C(C)c3ccc(C)cc3)c3ccccc32)cc1. The van der Waals surface area contributed by atoms with Gasteiger partial charge in [-0.2, -0.15) is 0 Å². The van der Waals surface area contributed by atoms with Gasteiger partial charge in [0.2, 0.25) is 11.5 Å². The Kier molecular flexibility index (Phi) is 6.28. The number of aryl methyl sites for hydroxylation is 2. The van der Waals surface area contributed by atoms with Crippen LogP contribution in [0.4, 0.5) is 4.79 Å². The van der Waals surface area contributed by atoms with Crippen molar-refractivity contribution in [3.05, 3.63) is 101 Å². The van der Waals surface area contributed by atoms with Gasteiger partial charge < -0.3 is 19.5 Å². The van der Waals surface area contributed by atoms with Crippen LogP contribution < -0.4 is 5.62 Å². The molecule has 0 radical (unpaired) electrons. The highest BCUT2D eigenvalue weighted by Crippen LogP contribution is 2.41. The fourth-order valence-corrected chi connectivity index (χ4v) is 6.38. The van der Waals surface area contributed by atoms with Crippen LogP contribution in [0.2, 0.25) is 0 Å². The lowest BCUT2D eigenvalue weighted by Crippen LogP contribution is -2.74. The van der Waals surface area contributed by atoms with E-state index in [1.54, 1.807) is 0 Å². The maximum absolute atomic E-state index is 14.2. The Balaban J connectivity index is 1.40. The molecule has 0 aliphatic carbocycles. The Morgan fingerprint density at radius 1 is 0.825 bits per heavy atom. The van der Waals surface area contributed by atoms with Gasteiger partial charge in [-0.25, -0.2) is 4.79 Å². The lowest BCUT2D eigenvalue weighted by atomic mass is 9.72. The van der Waals surface area contributed by atoms with E-state index >= 15 is 0 Å². The van der Waals surface area contributed by atoms with Gasteiger partial charge in [0.25, 0.3) is 0 Å². The molecule has 1 aromatic heterocycles. The van der Waals surface area contributed by atoms with E-state index in [9.17, 15) is 20.1 Å². The molecular weight excluding hydrogens is 502 g/mol. The lowest BCUT2D eigenvalue weighted by Gasteiger charge is -2.59. The van der Waals surface area contributed by atoms with Crippen LogP contribution in [0.3, 0.4) is 0 Å². The van der Waals surface area contributed by atoms with Gasteiger partial charge in [0.1, 0.15) is 6.04 Å². The topological polar surface area (TPSA) is 94.6 Å². The first-order valence-electron chi connectivity index (χ1n) is 13.8. The summed E-state index contributed by atoms with van der Waals surface area (Å²) in [4.78, 5) is 28.8. The Bertz CT molecular complexity index is 1640. The van der Waals surface area contributed by atoms with Gasteiger partial charge in [-0.1, -0.05) is 71.8 Å². The number of benzene rings is 3. The van der Waals surface area contributed by atoms with Crippen LogP contribution in [0.5, 0.6) is 0 Å². The van der Waals surface area contributed by atoms with E-state index in [2.05, 4.69) is 62.4 Å². The number of carboxylic acid groups (broad SMARTS) is 1. The average Bonchev–Trinajstić information content (AvgIpc) is 3.18. The van der Waals surface area contributed by atoms with Crippen molar-refractivity contribution in [2.45, 2.75) is 39.3 Å². The molecule has 2 unspecified atom stereocenters. The number of amides is 2. The number of hydrogen-bond acceptors (Lipinski definition) is 3. The molecule has 40 heavy (non-hydrogen) atoms. The van der Waals surface area contributed by atoms with Gasteiger partial charge in [0, 0.05) is 38.0 Å². The molecule has 2 aliphatic rings. The number of fused-ring (bicyclic) bond motifs is 1. The number of rotatable bonds is 6. The summed E-state index contributed by atoms with van der Waals surface area (Å²) < 4.78 is 3.92. The summed E-state index contributed by atoms with van der Waals surface area (Å²) in [5.74, 6) is -0.0237. The summed E-state index contributed by atoms with van der Waals surface area (Å²) in [5.41, 5.74) is 6.40. The third-order valence-electron chi connectivity index (χ3n) is 8.64. The highest BCUT2D eigenvalue weighted by atomic mass is 16.4. The quantitative estimate of drug-likeness (QED) is 0.372. The van der Waals surface area contributed by atoms with E-state index in [0.717, 1.165) is 27.7 Å². The van der Waals surface area contributed by atoms with E-state index < -0.39 is 12.1 Å². The fourth-order valence-electron chi connectivity index (χ4n) is 6.38. The molecule has 0 bridgehead atoms. The van der Waals surface area contributed by atoms with Crippen LogP contribution in [-0.2, 0) is 11.2 Å². The minimum atomic E-state index is -0.905. The van der Waals surface area contributed by atoms with Crippen LogP contribution in [0, 0.1) is 24.7 Å². The van der Waals surface area contributed by atoms with Crippen molar-refractivity contribution < 1.29 is 14.7 Å². The minimum Gasteiger partial charge on any atom is -0.465 e. The van der Waals surface area contributed by atoms with Crippen LogP contribution in [-0.4, -0.2) is 62.2 Å². The zero-order valence-electron chi connectivity index (χ0n) is 23.2. The van der Waals surface area contributed by atoms with Gasteiger partial charge in [0.15, 0.2) is 0 Å².